The van der Waals surface area contributed by atoms with E-state index in [1.54, 1.807) is 4.90 Å². The Morgan fingerprint density at radius 1 is 1.53 bits per heavy atom. The molecule has 0 spiro atoms. The highest BCUT2D eigenvalue weighted by Crippen LogP contribution is 2.18. The molecule has 1 aliphatic rings. The molecule has 0 aromatic rings. The van der Waals surface area contributed by atoms with E-state index in [1.165, 1.54) is 6.92 Å². The monoisotopic (exact) mass is 244 g/mol. The Morgan fingerprint density at radius 3 is 2.59 bits per heavy atom. The summed E-state index contributed by atoms with van der Waals surface area (Å²) >= 11 is 0. The van der Waals surface area contributed by atoms with Crippen LogP contribution >= 0.6 is 0 Å². The topological polar surface area (TPSA) is 89.9 Å². The van der Waals surface area contributed by atoms with Crippen LogP contribution in [-0.4, -0.2) is 52.3 Å². The Balaban J connectivity index is 2.51. The number of aliphatic hydroxyl groups excluding tert-OH is 1. The SMILES string of the molecule is CCC1CCN(C(=O)NC(C(=O)O)C(C)O)C1. The van der Waals surface area contributed by atoms with Crippen molar-refractivity contribution < 1.29 is 19.8 Å². The summed E-state index contributed by atoms with van der Waals surface area (Å²) in [7, 11) is 0. The van der Waals surface area contributed by atoms with Gasteiger partial charge in [-0.15, -0.1) is 0 Å². The van der Waals surface area contributed by atoms with E-state index >= 15 is 0 Å². The molecule has 3 unspecified atom stereocenters. The van der Waals surface area contributed by atoms with Crippen LogP contribution in [0.5, 0.6) is 0 Å². The van der Waals surface area contributed by atoms with Crippen LogP contribution in [0.2, 0.25) is 0 Å². The highest BCUT2D eigenvalue weighted by atomic mass is 16.4. The molecule has 17 heavy (non-hydrogen) atoms. The number of rotatable bonds is 4. The Morgan fingerprint density at radius 2 is 2.18 bits per heavy atom. The minimum Gasteiger partial charge on any atom is -0.480 e. The number of aliphatic hydroxyl groups is 1. The van der Waals surface area contributed by atoms with Gasteiger partial charge in [0.2, 0.25) is 0 Å². The van der Waals surface area contributed by atoms with E-state index in [0.29, 0.717) is 19.0 Å². The molecule has 98 valence electrons. The molecule has 6 nitrogen and oxygen atoms in total. The zero-order chi connectivity index (χ0) is 13.0. The van der Waals surface area contributed by atoms with Gasteiger partial charge in [-0.1, -0.05) is 13.3 Å². The summed E-state index contributed by atoms with van der Waals surface area (Å²) in [5, 5.41) is 20.4. The average Bonchev–Trinajstić information content (AvgIpc) is 2.73. The highest BCUT2D eigenvalue weighted by molar-refractivity contribution is 5.83. The maximum Gasteiger partial charge on any atom is 0.328 e. The number of hydrogen-bond donors (Lipinski definition) is 3. The Hall–Kier alpha value is -1.30. The van der Waals surface area contributed by atoms with Crippen LogP contribution in [0.3, 0.4) is 0 Å². The summed E-state index contributed by atoms with van der Waals surface area (Å²) in [4.78, 5) is 24.2. The van der Waals surface area contributed by atoms with Gasteiger partial charge in [-0.25, -0.2) is 9.59 Å². The second-order valence-electron chi connectivity index (χ2n) is 4.51. The van der Waals surface area contributed by atoms with Crippen molar-refractivity contribution in [2.24, 2.45) is 5.92 Å². The maximum atomic E-state index is 11.8. The maximum absolute atomic E-state index is 11.8. The summed E-state index contributed by atoms with van der Waals surface area (Å²) < 4.78 is 0. The summed E-state index contributed by atoms with van der Waals surface area (Å²) in [6, 6.07) is -1.66. The fourth-order valence-corrected chi connectivity index (χ4v) is 1.96. The van der Waals surface area contributed by atoms with Gasteiger partial charge in [0.1, 0.15) is 0 Å². The van der Waals surface area contributed by atoms with Gasteiger partial charge in [-0.2, -0.15) is 0 Å². The molecule has 1 fully saturated rings. The number of carboxylic acid groups (broad SMARTS) is 1. The van der Waals surface area contributed by atoms with E-state index in [9.17, 15) is 14.7 Å². The highest BCUT2D eigenvalue weighted by Gasteiger charge is 2.30. The number of nitrogens with one attached hydrogen (secondary N) is 1. The number of carboxylic acids is 1. The summed E-state index contributed by atoms with van der Waals surface area (Å²) in [6.45, 7) is 4.73. The second kappa shape index (κ2) is 5.86. The third-order valence-electron chi connectivity index (χ3n) is 3.18. The number of carbonyl (C=O) groups excluding carboxylic acids is 1. The largest absolute Gasteiger partial charge is 0.480 e. The van der Waals surface area contributed by atoms with Crippen LogP contribution < -0.4 is 5.32 Å². The number of hydrogen-bond acceptors (Lipinski definition) is 3. The molecule has 6 heteroatoms. The van der Waals surface area contributed by atoms with Crippen molar-refractivity contribution in [1.29, 1.82) is 0 Å². The van der Waals surface area contributed by atoms with Crippen molar-refractivity contribution in [1.82, 2.24) is 10.2 Å². The first-order valence-electron chi connectivity index (χ1n) is 5.92. The molecule has 0 aromatic carbocycles. The van der Waals surface area contributed by atoms with Gasteiger partial charge in [0, 0.05) is 13.1 Å². The van der Waals surface area contributed by atoms with E-state index in [2.05, 4.69) is 12.2 Å². The van der Waals surface area contributed by atoms with E-state index in [4.69, 9.17) is 5.11 Å². The first-order valence-corrected chi connectivity index (χ1v) is 5.92. The molecule has 0 radical (unpaired) electrons. The van der Waals surface area contributed by atoms with Crippen molar-refractivity contribution in [3.05, 3.63) is 0 Å². The first kappa shape index (κ1) is 13.8. The zero-order valence-electron chi connectivity index (χ0n) is 10.2. The lowest BCUT2D eigenvalue weighted by molar-refractivity contribution is -0.141. The predicted octanol–water partition coefficient (Wildman–Crippen LogP) is 0.262. The predicted molar refractivity (Wildman–Crippen MR) is 61.6 cm³/mol. The van der Waals surface area contributed by atoms with Crippen LogP contribution in [0.1, 0.15) is 26.7 Å². The molecule has 1 aliphatic heterocycles. The molecule has 2 amide bonds. The molecular formula is C11H20N2O4. The molecular weight excluding hydrogens is 224 g/mol. The van der Waals surface area contributed by atoms with Gasteiger partial charge >= 0.3 is 12.0 Å². The second-order valence-corrected chi connectivity index (χ2v) is 4.51. The summed E-state index contributed by atoms with van der Waals surface area (Å²) in [5.74, 6) is -0.727. The molecule has 0 aromatic heterocycles. The molecule has 0 bridgehead atoms. The molecule has 1 heterocycles. The van der Waals surface area contributed by atoms with Gasteiger partial charge in [0.25, 0.3) is 0 Å². The van der Waals surface area contributed by atoms with E-state index in [-0.39, 0.29) is 0 Å². The van der Waals surface area contributed by atoms with Crippen LogP contribution in [0.4, 0.5) is 4.79 Å². The molecule has 3 atom stereocenters. The Labute approximate surface area is 101 Å². The third kappa shape index (κ3) is 3.59. The van der Waals surface area contributed by atoms with Gasteiger partial charge in [-0.05, 0) is 19.3 Å². The van der Waals surface area contributed by atoms with Gasteiger partial charge in [0.05, 0.1) is 6.10 Å². The molecule has 1 rings (SSSR count). The third-order valence-corrected chi connectivity index (χ3v) is 3.18. The average molecular weight is 244 g/mol. The van der Waals surface area contributed by atoms with Gasteiger partial charge in [0.15, 0.2) is 6.04 Å². The van der Waals surface area contributed by atoms with Crippen molar-refractivity contribution in [2.75, 3.05) is 13.1 Å². The Kier molecular flexibility index (Phi) is 4.74. The standard InChI is InChI=1S/C11H20N2O4/c1-3-8-4-5-13(6-8)11(17)12-9(7(2)14)10(15)16/h7-9,14H,3-6H2,1-2H3,(H,12,17)(H,15,16). The van der Waals surface area contributed by atoms with Crippen LogP contribution in [0.25, 0.3) is 0 Å². The van der Waals surface area contributed by atoms with E-state index in [1.807, 2.05) is 0 Å². The number of urea groups is 1. The van der Waals surface area contributed by atoms with Crippen molar-refractivity contribution in [3.8, 4) is 0 Å². The normalized spacial score (nSPS) is 23.2. The van der Waals surface area contributed by atoms with Gasteiger partial charge < -0.3 is 20.4 Å². The summed E-state index contributed by atoms with van der Waals surface area (Å²) in [5.41, 5.74) is 0. The fourth-order valence-electron chi connectivity index (χ4n) is 1.96. The van der Waals surface area contributed by atoms with Crippen molar-refractivity contribution >= 4 is 12.0 Å². The number of aliphatic carboxylic acids is 1. The first-order chi connectivity index (χ1) is 7.95. The van der Waals surface area contributed by atoms with Gasteiger partial charge in [-0.3, -0.25) is 0 Å². The van der Waals surface area contributed by atoms with Crippen LogP contribution in [0, 0.1) is 5.92 Å². The number of carbonyl (C=O) groups is 2. The lowest BCUT2D eigenvalue weighted by atomic mass is 10.1. The smallest absolute Gasteiger partial charge is 0.328 e. The Bertz CT molecular complexity index is 293. The molecule has 1 saturated heterocycles. The molecule has 0 saturated carbocycles. The molecule has 3 N–H and O–H groups in total. The number of nitrogens with zero attached hydrogens (tertiary/aromatic N) is 1. The molecule has 0 aliphatic carbocycles. The van der Waals surface area contributed by atoms with Crippen molar-refractivity contribution in [3.63, 3.8) is 0 Å². The zero-order valence-corrected chi connectivity index (χ0v) is 10.2. The number of amides is 2. The van der Waals surface area contributed by atoms with Crippen molar-refractivity contribution in [2.45, 2.75) is 38.8 Å². The lowest BCUT2D eigenvalue weighted by Gasteiger charge is -2.22. The quantitative estimate of drug-likeness (QED) is 0.661. The minimum absolute atomic E-state index is 0.408. The van der Waals surface area contributed by atoms with E-state index < -0.39 is 24.1 Å². The van der Waals surface area contributed by atoms with Crippen LogP contribution in [0.15, 0.2) is 0 Å². The van der Waals surface area contributed by atoms with E-state index in [0.717, 1.165) is 12.8 Å². The van der Waals surface area contributed by atoms with Crippen LogP contribution in [-0.2, 0) is 4.79 Å². The lowest BCUT2D eigenvalue weighted by Crippen LogP contribution is -2.51. The summed E-state index contributed by atoms with van der Waals surface area (Å²) in [6.07, 6.45) is 0.861. The fraction of sp³-hybridized carbons (Fsp3) is 0.818. The minimum atomic E-state index is -1.25. The number of likely N-dealkylation sites (tertiary alicyclic amines) is 1.